The van der Waals surface area contributed by atoms with E-state index in [1.807, 2.05) is 30.1 Å². The molecule has 5 heteroatoms. The number of hydrogen-bond acceptors (Lipinski definition) is 4. The van der Waals surface area contributed by atoms with E-state index in [0.717, 1.165) is 22.4 Å². The number of benzene rings is 2. The van der Waals surface area contributed by atoms with Crippen molar-refractivity contribution in [1.29, 1.82) is 5.26 Å². The van der Waals surface area contributed by atoms with Crippen molar-refractivity contribution < 1.29 is 0 Å². The van der Waals surface area contributed by atoms with Crippen molar-refractivity contribution in [2.75, 3.05) is 17.7 Å². The van der Waals surface area contributed by atoms with Gasteiger partial charge in [0.2, 0.25) is 0 Å². The summed E-state index contributed by atoms with van der Waals surface area (Å²) in [6.07, 6.45) is 1.67. The molecule has 1 aromatic heterocycles. The van der Waals surface area contributed by atoms with E-state index in [1.54, 1.807) is 24.5 Å². The average Bonchev–Trinajstić information content (AvgIpc) is 2.94. The lowest BCUT2D eigenvalue weighted by molar-refractivity contribution is 1.21. The number of nitrogen functional groups attached to an aromatic ring is 1. The van der Waals surface area contributed by atoms with Crippen molar-refractivity contribution in [1.82, 2.24) is 9.97 Å². The van der Waals surface area contributed by atoms with Crippen LogP contribution in [0.5, 0.6) is 0 Å². The van der Waals surface area contributed by atoms with Crippen LogP contribution in [0.25, 0.3) is 11.0 Å². The van der Waals surface area contributed by atoms with Crippen molar-refractivity contribution in [3.05, 3.63) is 48.3 Å². The second-order valence-corrected chi connectivity index (χ2v) is 4.55. The van der Waals surface area contributed by atoms with Crippen LogP contribution in [0.15, 0.2) is 42.7 Å². The molecule has 3 rings (SSSR count). The van der Waals surface area contributed by atoms with Crippen molar-refractivity contribution >= 4 is 28.1 Å². The van der Waals surface area contributed by atoms with E-state index in [4.69, 9.17) is 11.0 Å². The lowest BCUT2D eigenvalue weighted by Gasteiger charge is -2.21. The summed E-state index contributed by atoms with van der Waals surface area (Å²) in [6, 6.07) is 13.3. The maximum atomic E-state index is 9.00. The second kappa shape index (κ2) is 4.59. The first-order chi connectivity index (χ1) is 9.69. The predicted molar refractivity (Wildman–Crippen MR) is 79.7 cm³/mol. The number of fused-ring (bicyclic) bond motifs is 1. The van der Waals surface area contributed by atoms with Crippen molar-refractivity contribution in [2.45, 2.75) is 0 Å². The molecule has 0 saturated heterocycles. The van der Waals surface area contributed by atoms with Crippen LogP contribution < -0.4 is 10.6 Å². The Balaban J connectivity index is 2.07. The lowest BCUT2D eigenvalue weighted by atomic mass is 10.1. The monoisotopic (exact) mass is 263 g/mol. The number of nitrogens with one attached hydrogen (secondary N) is 1. The van der Waals surface area contributed by atoms with Crippen LogP contribution in [0.1, 0.15) is 5.56 Å². The number of hydrogen-bond donors (Lipinski definition) is 2. The SMILES string of the molecule is CN(c1ccc2nc[nH]c2c1)c1cc(C#N)ccc1N. The molecule has 0 aliphatic heterocycles. The Morgan fingerprint density at radius 2 is 2.10 bits per heavy atom. The van der Waals surface area contributed by atoms with E-state index in [-0.39, 0.29) is 0 Å². The maximum absolute atomic E-state index is 9.00. The standard InChI is InChI=1S/C15H13N5/c1-20(15-6-10(8-16)2-4-12(15)17)11-3-5-13-14(7-11)19-9-18-13/h2-7,9H,17H2,1H3,(H,18,19). The van der Waals surface area contributed by atoms with Gasteiger partial charge in [-0.3, -0.25) is 0 Å². The molecule has 0 bridgehead atoms. The van der Waals surface area contributed by atoms with Crippen LogP contribution in [0, 0.1) is 11.3 Å². The summed E-state index contributed by atoms with van der Waals surface area (Å²) in [5.41, 5.74) is 10.9. The van der Waals surface area contributed by atoms with E-state index < -0.39 is 0 Å². The number of nitrogens with two attached hydrogens (primary N) is 1. The fourth-order valence-electron chi connectivity index (χ4n) is 2.17. The molecule has 0 aliphatic carbocycles. The maximum Gasteiger partial charge on any atom is 0.0992 e. The van der Waals surface area contributed by atoms with Gasteiger partial charge in [-0.25, -0.2) is 4.98 Å². The minimum atomic E-state index is 0.587. The van der Waals surface area contributed by atoms with Crippen LogP contribution in [0.3, 0.4) is 0 Å². The normalized spacial score (nSPS) is 10.4. The molecule has 0 atom stereocenters. The lowest BCUT2D eigenvalue weighted by Crippen LogP contribution is -2.11. The van der Waals surface area contributed by atoms with Gasteiger partial charge in [0, 0.05) is 12.7 Å². The predicted octanol–water partition coefficient (Wildman–Crippen LogP) is 2.78. The zero-order valence-corrected chi connectivity index (χ0v) is 11.0. The average molecular weight is 263 g/mol. The summed E-state index contributed by atoms with van der Waals surface area (Å²) < 4.78 is 0. The first kappa shape index (κ1) is 12.1. The highest BCUT2D eigenvalue weighted by Gasteiger charge is 2.10. The highest BCUT2D eigenvalue weighted by atomic mass is 15.1. The van der Waals surface area contributed by atoms with E-state index in [2.05, 4.69) is 16.0 Å². The number of H-pyrrole nitrogens is 1. The van der Waals surface area contributed by atoms with E-state index in [9.17, 15) is 0 Å². The van der Waals surface area contributed by atoms with Crippen molar-refractivity contribution in [3.8, 4) is 6.07 Å². The highest BCUT2D eigenvalue weighted by Crippen LogP contribution is 2.30. The van der Waals surface area contributed by atoms with Gasteiger partial charge in [-0.1, -0.05) is 0 Å². The summed E-state index contributed by atoms with van der Waals surface area (Å²) >= 11 is 0. The number of imidazole rings is 1. The Bertz CT molecular complexity index is 812. The summed E-state index contributed by atoms with van der Waals surface area (Å²) in [4.78, 5) is 9.23. The van der Waals surface area contributed by atoms with Crippen molar-refractivity contribution in [3.63, 3.8) is 0 Å². The molecule has 0 radical (unpaired) electrons. The van der Waals surface area contributed by atoms with Gasteiger partial charge in [0.25, 0.3) is 0 Å². The zero-order chi connectivity index (χ0) is 14.1. The second-order valence-electron chi connectivity index (χ2n) is 4.55. The minimum absolute atomic E-state index is 0.587. The van der Waals surface area contributed by atoms with Crippen LogP contribution in [-0.4, -0.2) is 17.0 Å². The summed E-state index contributed by atoms with van der Waals surface area (Å²) in [5.74, 6) is 0. The molecule has 0 saturated carbocycles. The molecule has 0 spiro atoms. The van der Waals surface area contributed by atoms with Gasteiger partial charge in [0.05, 0.1) is 40.4 Å². The number of nitriles is 1. The Labute approximate surface area is 116 Å². The molecule has 20 heavy (non-hydrogen) atoms. The number of aromatic nitrogens is 2. The Hall–Kier alpha value is -3.00. The quantitative estimate of drug-likeness (QED) is 0.696. The number of aromatic amines is 1. The van der Waals surface area contributed by atoms with Gasteiger partial charge in [-0.15, -0.1) is 0 Å². The van der Waals surface area contributed by atoms with Crippen LogP contribution in [-0.2, 0) is 0 Å². The first-order valence-electron chi connectivity index (χ1n) is 6.15. The van der Waals surface area contributed by atoms with Gasteiger partial charge in [-0.05, 0) is 36.4 Å². The molecule has 3 aromatic rings. The molecule has 3 N–H and O–H groups in total. The molecular weight excluding hydrogens is 250 g/mol. The molecule has 0 fully saturated rings. The number of rotatable bonds is 2. The van der Waals surface area contributed by atoms with E-state index >= 15 is 0 Å². The highest BCUT2D eigenvalue weighted by molar-refractivity contribution is 5.83. The first-order valence-corrected chi connectivity index (χ1v) is 6.15. The fourth-order valence-corrected chi connectivity index (χ4v) is 2.17. The third kappa shape index (κ3) is 1.93. The van der Waals surface area contributed by atoms with Crippen molar-refractivity contribution in [2.24, 2.45) is 0 Å². The van der Waals surface area contributed by atoms with E-state index in [0.29, 0.717) is 11.3 Å². The van der Waals surface area contributed by atoms with Crippen LogP contribution in [0.4, 0.5) is 17.1 Å². The number of anilines is 3. The Morgan fingerprint density at radius 3 is 2.90 bits per heavy atom. The Kier molecular flexibility index (Phi) is 2.77. The molecule has 0 amide bonds. The van der Waals surface area contributed by atoms with Crippen LogP contribution in [0.2, 0.25) is 0 Å². The smallest absolute Gasteiger partial charge is 0.0992 e. The third-order valence-corrected chi connectivity index (χ3v) is 3.31. The van der Waals surface area contributed by atoms with Gasteiger partial charge < -0.3 is 15.6 Å². The van der Waals surface area contributed by atoms with Gasteiger partial charge in [-0.2, -0.15) is 5.26 Å². The third-order valence-electron chi connectivity index (χ3n) is 3.31. The fraction of sp³-hybridized carbons (Fsp3) is 0.0667. The Morgan fingerprint density at radius 1 is 1.25 bits per heavy atom. The molecular formula is C15H13N5. The molecule has 98 valence electrons. The summed E-state index contributed by atoms with van der Waals surface area (Å²) in [5, 5.41) is 9.00. The van der Waals surface area contributed by atoms with Crippen LogP contribution >= 0.6 is 0 Å². The number of nitrogens with zero attached hydrogens (tertiary/aromatic N) is 3. The van der Waals surface area contributed by atoms with E-state index in [1.165, 1.54) is 0 Å². The largest absolute Gasteiger partial charge is 0.397 e. The molecule has 0 unspecified atom stereocenters. The van der Waals surface area contributed by atoms with Gasteiger partial charge in [0.15, 0.2) is 0 Å². The van der Waals surface area contributed by atoms with Gasteiger partial charge >= 0.3 is 0 Å². The molecule has 1 heterocycles. The molecule has 5 nitrogen and oxygen atoms in total. The van der Waals surface area contributed by atoms with Gasteiger partial charge in [0.1, 0.15) is 0 Å². The zero-order valence-electron chi connectivity index (χ0n) is 11.0. The minimum Gasteiger partial charge on any atom is -0.397 e. The molecule has 0 aliphatic rings. The summed E-state index contributed by atoms with van der Waals surface area (Å²) in [6.45, 7) is 0. The molecule has 2 aromatic carbocycles. The summed E-state index contributed by atoms with van der Waals surface area (Å²) in [7, 11) is 1.92. The topological polar surface area (TPSA) is 81.7 Å².